The lowest BCUT2D eigenvalue weighted by Gasteiger charge is -2.21. The Balaban J connectivity index is 2.55. The van der Waals surface area contributed by atoms with Gasteiger partial charge in [-0.15, -0.1) is 0 Å². The van der Waals surface area contributed by atoms with Crippen LogP contribution in [0.5, 0.6) is 0 Å². The molecule has 0 saturated heterocycles. The molecule has 0 aromatic heterocycles. The summed E-state index contributed by atoms with van der Waals surface area (Å²) in [5.74, 6) is -1.25. The van der Waals surface area contributed by atoms with Crippen LogP contribution in [-0.4, -0.2) is 15.5 Å². The van der Waals surface area contributed by atoms with Crippen molar-refractivity contribution in [3.05, 3.63) is 59.7 Å². The summed E-state index contributed by atoms with van der Waals surface area (Å²) in [6.45, 7) is -0.252. The fourth-order valence-electron chi connectivity index (χ4n) is 1.94. The molecule has 0 saturated carbocycles. The molecule has 0 atom stereocenters. The van der Waals surface area contributed by atoms with Gasteiger partial charge in [0.25, 0.3) is 10.0 Å². The second-order valence-corrected chi connectivity index (χ2v) is 6.31. The summed E-state index contributed by atoms with van der Waals surface area (Å²) in [5, 5.41) is 0. The number of anilines is 1. The van der Waals surface area contributed by atoms with Crippen molar-refractivity contribution in [2.24, 2.45) is 5.73 Å². The van der Waals surface area contributed by atoms with Crippen molar-refractivity contribution in [3.8, 4) is 0 Å². The largest absolute Gasteiger partial charge is 0.326 e. The van der Waals surface area contributed by atoms with E-state index in [1.54, 1.807) is 0 Å². The van der Waals surface area contributed by atoms with Crippen LogP contribution in [0.4, 0.5) is 14.5 Å². The fourth-order valence-corrected chi connectivity index (χ4v) is 3.37. The van der Waals surface area contributed by atoms with Crippen molar-refractivity contribution in [2.75, 3.05) is 11.4 Å². The van der Waals surface area contributed by atoms with Gasteiger partial charge in [0, 0.05) is 19.2 Å². The van der Waals surface area contributed by atoms with Crippen molar-refractivity contribution < 1.29 is 17.2 Å². The molecule has 112 valence electrons. The van der Waals surface area contributed by atoms with Crippen LogP contribution >= 0.6 is 0 Å². The second kappa shape index (κ2) is 5.79. The normalized spacial score (nSPS) is 11.4. The van der Waals surface area contributed by atoms with Crippen LogP contribution in [-0.2, 0) is 16.6 Å². The lowest BCUT2D eigenvalue weighted by Crippen LogP contribution is -2.28. The van der Waals surface area contributed by atoms with Gasteiger partial charge in [0.1, 0.15) is 11.6 Å². The Hall–Kier alpha value is -1.99. The van der Waals surface area contributed by atoms with E-state index in [9.17, 15) is 17.2 Å². The summed E-state index contributed by atoms with van der Waals surface area (Å²) < 4.78 is 52.9. The molecule has 0 bridgehead atoms. The van der Waals surface area contributed by atoms with Gasteiger partial charge in [-0.3, -0.25) is 4.31 Å². The highest BCUT2D eigenvalue weighted by molar-refractivity contribution is 7.92. The number of benzene rings is 2. The van der Waals surface area contributed by atoms with Crippen molar-refractivity contribution in [2.45, 2.75) is 11.4 Å². The Morgan fingerprint density at radius 1 is 1.14 bits per heavy atom. The Kier molecular flexibility index (Phi) is 4.24. The van der Waals surface area contributed by atoms with Gasteiger partial charge in [-0.25, -0.2) is 17.2 Å². The maximum absolute atomic E-state index is 13.7. The molecule has 2 N–H and O–H groups in total. The molecule has 0 unspecified atom stereocenters. The maximum atomic E-state index is 13.7. The van der Waals surface area contributed by atoms with E-state index in [1.807, 2.05) is 0 Å². The van der Waals surface area contributed by atoms with E-state index in [0.717, 1.165) is 16.4 Å². The molecule has 2 aromatic rings. The van der Waals surface area contributed by atoms with Crippen molar-refractivity contribution in [3.63, 3.8) is 0 Å². The van der Waals surface area contributed by atoms with Gasteiger partial charge in [-0.05, 0) is 30.3 Å². The number of hydrogen-bond donors (Lipinski definition) is 1. The molecule has 2 aromatic carbocycles. The number of nitrogens with zero attached hydrogens (tertiary/aromatic N) is 1. The first-order valence-corrected chi connectivity index (χ1v) is 7.54. The Morgan fingerprint density at radius 3 is 2.43 bits per heavy atom. The molecule has 0 aliphatic carbocycles. The molecule has 2 rings (SSSR count). The van der Waals surface area contributed by atoms with Gasteiger partial charge in [-0.1, -0.05) is 12.1 Å². The molecule has 7 heteroatoms. The summed E-state index contributed by atoms with van der Waals surface area (Å²) in [5.41, 5.74) is 5.47. The number of rotatable bonds is 4. The first kappa shape index (κ1) is 15.4. The number of nitrogens with two attached hydrogens (primary N) is 1. The standard InChI is InChI=1S/C14H14F2N2O2S/c1-18(11-5-2-4-10(15)8-11)21(19,20)14-7-3-6-13(16)12(14)9-17/h2-8H,9,17H2,1H3. The zero-order valence-electron chi connectivity index (χ0n) is 11.3. The van der Waals surface area contributed by atoms with Crippen LogP contribution in [0.1, 0.15) is 5.56 Å². The zero-order valence-corrected chi connectivity index (χ0v) is 12.1. The lowest BCUT2D eigenvalue weighted by atomic mass is 10.2. The molecule has 0 amide bonds. The SMILES string of the molecule is CN(c1cccc(F)c1)S(=O)(=O)c1cccc(F)c1CN. The summed E-state index contributed by atoms with van der Waals surface area (Å²) in [6, 6.07) is 8.84. The third-order valence-corrected chi connectivity index (χ3v) is 4.96. The van der Waals surface area contributed by atoms with Crippen LogP contribution in [0, 0.1) is 11.6 Å². The van der Waals surface area contributed by atoms with Crippen molar-refractivity contribution >= 4 is 15.7 Å². The average Bonchev–Trinajstić information content (AvgIpc) is 2.46. The first-order valence-electron chi connectivity index (χ1n) is 6.10. The molecule has 0 spiro atoms. The second-order valence-electron chi connectivity index (χ2n) is 4.37. The molecule has 21 heavy (non-hydrogen) atoms. The summed E-state index contributed by atoms with van der Waals surface area (Å²) >= 11 is 0. The zero-order chi connectivity index (χ0) is 15.6. The predicted molar refractivity (Wildman–Crippen MR) is 76.3 cm³/mol. The maximum Gasteiger partial charge on any atom is 0.264 e. The summed E-state index contributed by atoms with van der Waals surface area (Å²) in [7, 11) is -2.75. The third-order valence-electron chi connectivity index (χ3n) is 3.09. The van der Waals surface area contributed by atoms with Crippen LogP contribution in [0.3, 0.4) is 0 Å². The van der Waals surface area contributed by atoms with Crippen LogP contribution in [0.25, 0.3) is 0 Å². The Bertz CT molecular complexity index is 763. The number of hydrogen-bond acceptors (Lipinski definition) is 3. The van der Waals surface area contributed by atoms with Gasteiger partial charge >= 0.3 is 0 Å². The minimum Gasteiger partial charge on any atom is -0.326 e. The molecule has 0 aliphatic rings. The van der Waals surface area contributed by atoms with Crippen LogP contribution in [0.2, 0.25) is 0 Å². The smallest absolute Gasteiger partial charge is 0.264 e. The predicted octanol–water partition coefficient (Wildman–Crippen LogP) is 2.25. The number of halogens is 2. The van der Waals surface area contributed by atoms with E-state index in [2.05, 4.69) is 0 Å². The minimum atomic E-state index is -4.03. The third kappa shape index (κ3) is 2.88. The highest BCUT2D eigenvalue weighted by Crippen LogP contribution is 2.26. The topological polar surface area (TPSA) is 63.4 Å². The molecule has 0 radical (unpaired) electrons. The molecular formula is C14H14F2N2O2S. The van der Waals surface area contributed by atoms with Gasteiger partial charge in [-0.2, -0.15) is 0 Å². The first-order chi connectivity index (χ1) is 9.87. The molecule has 4 nitrogen and oxygen atoms in total. The van der Waals surface area contributed by atoms with E-state index in [4.69, 9.17) is 5.73 Å². The van der Waals surface area contributed by atoms with Crippen molar-refractivity contribution in [1.82, 2.24) is 0 Å². The van der Waals surface area contributed by atoms with Crippen LogP contribution in [0.15, 0.2) is 47.4 Å². The number of sulfonamides is 1. The highest BCUT2D eigenvalue weighted by Gasteiger charge is 2.25. The molecular weight excluding hydrogens is 298 g/mol. The lowest BCUT2D eigenvalue weighted by molar-refractivity contribution is 0.581. The molecule has 0 fully saturated rings. The molecule has 0 heterocycles. The quantitative estimate of drug-likeness (QED) is 0.942. The average molecular weight is 312 g/mol. The Labute approximate surface area is 121 Å². The molecule has 0 aliphatic heterocycles. The van der Waals surface area contributed by atoms with Gasteiger partial charge in [0.05, 0.1) is 10.6 Å². The summed E-state index contributed by atoms with van der Waals surface area (Å²) in [6.07, 6.45) is 0. The van der Waals surface area contributed by atoms with Gasteiger partial charge in [0.2, 0.25) is 0 Å². The highest BCUT2D eigenvalue weighted by atomic mass is 32.2. The summed E-state index contributed by atoms with van der Waals surface area (Å²) in [4.78, 5) is -0.225. The Morgan fingerprint density at radius 2 is 1.81 bits per heavy atom. The van der Waals surface area contributed by atoms with Gasteiger partial charge in [0.15, 0.2) is 0 Å². The van der Waals surface area contributed by atoms with E-state index in [1.165, 1.54) is 37.4 Å². The fraction of sp³-hybridized carbons (Fsp3) is 0.143. The van der Waals surface area contributed by atoms with E-state index >= 15 is 0 Å². The van der Waals surface area contributed by atoms with E-state index in [-0.39, 0.29) is 22.7 Å². The van der Waals surface area contributed by atoms with Crippen molar-refractivity contribution in [1.29, 1.82) is 0 Å². The van der Waals surface area contributed by atoms with E-state index in [0.29, 0.717) is 0 Å². The monoisotopic (exact) mass is 312 g/mol. The van der Waals surface area contributed by atoms with E-state index < -0.39 is 21.7 Å². The minimum absolute atomic E-state index is 0.0965. The van der Waals surface area contributed by atoms with Gasteiger partial charge < -0.3 is 5.73 Å². The van der Waals surface area contributed by atoms with Crippen LogP contribution < -0.4 is 10.0 Å².